The number of halogens is 2. The maximum atomic E-state index is 14.2. The van der Waals surface area contributed by atoms with Crippen LogP contribution in [0.4, 0.5) is 14.6 Å². The summed E-state index contributed by atoms with van der Waals surface area (Å²) in [6, 6.07) is 7.45. The highest BCUT2D eigenvalue weighted by atomic mass is 19.1. The maximum Gasteiger partial charge on any atom is 0.169 e. The Labute approximate surface area is 179 Å². The predicted octanol–water partition coefficient (Wildman–Crippen LogP) is 4.57. The molecule has 158 valence electrons. The van der Waals surface area contributed by atoms with Crippen LogP contribution in [-0.4, -0.2) is 33.8 Å². The summed E-state index contributed by atoms with van der Waals surface area (Å²) in [6.07, 6.45) is 5.60. The molecule has 0 saturated carbocycles. The van der Waals surface area contributed by atoms with Crippen molar-refractivity contribution in [2.75, 3.05) is 18.0 Å². The van der Waals surface area contributed by atoms with Gasteiger partial charge in [-0.1, -0.05) is 17.7 Å². The van der Waals surface area contributed by atoms with Crippen LogP contribution in [0.3, 0.4) is 0 Å². The number of Topliss-reactive ketones (excluding diaryl/α,β-unsaturated/α-hetero) is 1. The zero-order chi connectivity index (χ0) is 22.0. The topological polar surface area (TPSA) is 59.0 Å². The first-order chi connectivity index (χ1) is 14.9. The van der Waals surface area contributed by atoms with Crippen LogP contribution < -0.4 is 4.90 Å². The van der Waals surface area contributed by atoms with Crippen LogP contribution in [0.1, 0.15) is 40.7 Å². The summed E-state index contributed by atoms with van der Waals surface area (Å²) in [5.41, 5.74) is 4.03. The molecule has 0 atom stereocenters. The SMILES string of the molecule is CC1=C(c2cnc(CC(=O)c3cccc(F)c3C)cn2)CN(c2ncccc2F)CC1. The smallest absolute Gasteiger partial charge is 0.169 e. The van der Waals surface area contributed by atoms with Gasteiger partial charge in [0.25, 0.3) is 0 Å². The summed E-state index contributed by atoms with van der Waals surface area (Å²) in [5.74, 6) is -0.632. The van der Waals surface area contributed by atoms with Gasteiger partial charge in [-0.15, -0.1) is 0 Å². The van der Waals surface area contributed by atoms with E-state index in [0.29, 0.717) is 41.4 Å². The molecule has 1 aliphatic heterocycles. The van der Waals surface area contributed by atoms with E-state index in [2.05, 4.69) is 15.0 Å². The highest BCUT2D eigenvalue weighted by Crippen LogP contribution is 2.28. The number of rotatable bonds is 5. The van der Waals surface area contributed by atoms with Gasteiger partial charge in [0.1, 0.15) is 5.82 Å². The van der Waals surface area contributed by atoms with Crippen molar-refractivity contribution < 1.29 is 13.6 Å². The van der Waals surface area contributed by atoms with E-state index < -0.39 is 5.82 Å². The van der Waals surface area contributed by atoms with Gasteiger partial charge in [0.15, 0.2) is 17.4 Å². The molecule has 1 aliphatic rings. The molecule has 0 radical (unpaired) electrons. The van der Waals surface area contributed by atoms with Crippen molar-refractivity contribution >= 4 is 17.2 Å². The molecular weight excluding hydrogens is 398 g/mol. The molecule has 0 aliphatic carbocycles. The Balaban J connectivity index is 1.51. The van der Waals surface area contributed by atoms with Crippen LogP contribution in [0.5, 0.6) is 0 Å². The Kier molecular flexibility index (Phi) is 5.84. The molecule has 5 nitrogen and oxygen atoms in total. The number of carbonyl (C=O) groups is 1. The molecule has 0 bridgehead atoms. The fraction of sp³-hybridized carbons (Fsp3) is 0.250. The molecule has 0 unspecified atom stereocenters. The number of anilines is 1. The van der Waals surface area contributed by atoms with Crippen molar-refractivity contribution in [2.24, 2.45) is 0 Å². The van der Waals surface area contributed by atoms with Gasteiger partial charge in [0.2, 0.25) is 0 Å². The van der Waals surface area contributed by atoms with Gasteiger partial charge >= 0.3 is 0 Å². The normalized spacial score (nSPS) is 14.1. The molecule has 3 aromatic rings. The number of benzene rings is 1. The van der Waals surface area contributed by atoms with Gasteiger partial charge in [-0.25, -0.2) is 13.8 Å². The zero-order valence-corrected chi connectivity index (χ0v) is 17.4. The van der Waals surface area contributed by atoms with Crippen LogP contribution >= 0.6 is 0 Å². The van der Waals surface area contributed by atoms with E-state index in [4.69, 9.17) is 0 Å². The summed E-state index contributed by atoms with van der Waals surface area (Å²) in [7, 11) is 0. The van der Waals surface area contributed by atoms with E-state index in [1.54, 1.807) is 37.6 Å². The van der Waals surface area contributed by atoms with Crippen LogP contribution in [-0.2, 0) is 6.42 Å². The van der Waals surface area contributed by atoms with Crippen molar-refractivity contribution in [1.82, 2.24) is 15.0 Å². The lowest BCUT2D eigenvalue weighted by Gasteiger charge is -2.30. The minimum absolute atomic E-state index is 0.0425. The van der Waals surface area contributed by atoms with Gasteiger partial charge in [-0.2, -0.15) is 0 Å². The number of ketones is 1. The van der Waals surface area contributed by atoms with E-state index >= 15 is 0 Å². The largest absolute Gasteiger partial charge is 0.349 e. The van der Waals surface area contributed by atoms with Gasteiger partial charge in [-0.05, 0) is 49.6 Å². The van der Waals surface area contributed by atoms with Gasteiger partial charge in [-0.3, -0.25) is 14.8 Å². The number of nitrogens with zero attached hydrogens (tertiary/aromatic N) is 4. The van der Waals surface area contributed by atoms with Crippen molar-refractivity contribution in [1.29, 1.82) is 0 Å². The van der Waals surface area contributed by atoms with E-state index in [1.807, 2.05) is 11.8 Å². The van der Waals surface area contributed by atoms with Crippen LogP contribution in [0, 0.1) is 18.6 Å². The first-order valence-electron chi connectivity index (χ1n) is 10.1. The Morgan fingerprint density at radius 3 is 2.58 bits per heavy atom. The third-order valence-electron chi connectivity index (χ3n) is 5.58. The van der Waals surface area contributed by atoms with E-state index in [-0.39, 0.29) is 18.0 Å². The molecule has 3 heterocycles. The number of carbonyl (C=O) groups excluding carboxylic acids is 1. The fourth-order valence-corrected chi connectivity index (χ4v) is 3.72. The summed E-state index contributed by atoms with van der Waals surface area (Å²) in [5, 5.41) is 0. The second-order valence-corrected chi connectivity index (χ2v) is 7.64. The average Bonchev–Trinajstić information content (AvgIpc) is 2.77. The molecule has 0 amide bonds. The van der Waals surface area contributed by atoms with E-state index in [1.165, 1.54) is 23.8 Å². The average molecular weight is 420 g/mol. The van der Waals surface area contributed by atoms with Crippen LogP contribution in [0.25, 0.3) is 5.57 Å². The number of hydrogen-bond acceptors (Lipinski definition) is 5. The lowest BCUT2D eigenvalue weighted by atomic mass is 9.98. The molecule has 0 spiro atoms. The molecule has 1 aromatic carbocycles. The molecule has 0 saturated heterocycles. The standard InChI is InChI=1S/C24H22F2N4O/c1-15-8-10-30(24-21(26)7-4-9-27-24)14-19(15)22-13-28-17(12-29-22)11-23(31)18-5-3-6-20(25)16(18)2/h3-7,9,12-13H,8,10-11,14H2,1-2H3. The second-order valence-electron chi connectivity index (χ2n) is 7.64. The molecule has 31 heavy (non-hydrogen) atoms. The van der Waals surface area contributed by atoms with Crippen molar-refractivity contribution in [2.45, 2.75) is 26.7 Å². The zero-order valence-electron chi connectivity index (χ0n) is 17.4. The summed E-state index contributed by atoms with van der Waals surface area (Å²) in [6.45, 7) is 4.78. The molecule has 7 heteroatoms. The monoisotopic (exact) mass is 420 g/mol. The Morgan fingerprint density at radius 1 is 1.03 bits per heavy atom. The van der Waals surface area contributed by atoms with Gasteiger partial charge in [0.05, 0.1) is 24.0 Å². The Hall–Kier alpha value is -3.48. The van der Waals surface area contributed by atoms with Crippen molar-refractivity contribution in [3.05, 3.63) is 88.6 Å². The predicted molar refractivity (Wildman–Crippen MR) is 115 cm³/mol. The van der Waals surface area contributed by atoms with Crippen LogP contribution in [0.2, 0.25) is 0 Å². The third-order valence-corrected chi connectivity index (χ3v) is 5.58. The summed E-state index contributed by atoms with van der Waals surface area (Å²) in [4.78, 5) is 27.5. The fourth-order valence-electron chi connectivity index (χ4n) is 3.72. The summed E-state index contributed by atoms with van der Waals surface area (Å²) < 4.78 is 27.9. The molecule has 0 fully saturated rings. The first kappa shape index (κ1) is 20.8. The Morgan fingerprint density at radius 2 is 1.84 bits per heavy atom. The molecule has 2 aromatic heterocycles. The second kappa shape index (κ2) is 8.71. The highest BCUT2D eigenvalue weighted by molar-refractivity contribution is 5.98. The minimum Gasteiger partial charge on any atom is -0.349 e. The lowest BCUT2D eigenvalue weighted by Crippen LogP contribution is -2.32. The highest BCUT2D eigenvalue weighted by Gasteiger charge is 2.22. The number of pyridine rings is 1. The minimum atomic E-state index is -0.402. The Bertz CT molecular complexity index is 1160. The van der Waals surface area contributed by atoms with E-state index in [0.717, 1.165) is 12.0 Å². The molecule has 0 N–H and O–H groups in total. The first-order valence-corrected chi connectivity index (χ1v) is 10.1. The van der Waals surface area contributed by atoms with E-state index in [9.17, 15) is 13.6 Å². The van der Waals surface area contributed by atoms with Gasteiger partial charge < -0.3 is 4.90 Å². The van der Waals surface area contributed by atoms with Crippen LogP contribution in [0.15, 0.2) is 54.5 Å². The van der Waals surface area contributed by atoms with Crippen molar-refractivity contribution in [3.8, 4) is 0 Å². The lowest BCUT2D eigenvalue weighted by molar-refractivity contribution is 0.0990. The molecule has 4 rings (SSSR count). The van der Waals surface area contributed by atoms with Crippen molar-refractivity contribution in [3.63, 3.8) is 0 Å². The molecular formula is C24H22F2N4O. The quantitative estimate of drug-likeness (QED) is 0.566. The number of aromatic nitrogens is 3. The number of hydrogen-bond donors (Lipinski definition) is 0. The summed E-state index contributed by atoms with van der Waals surface area (Å²) >= 11 is 0. The maximum absolute atomic E-state index is 14.2. The van der Waals surface area contributed by atoms with Gasteiger partial charge in [0, 0.05) is 31.0 Å². The third kappa shape index (κ3) is 4.35.